The van der Waals surface area contributed by atoms with E-state index in [0.717, 1.165) is 28.1 Å². The number of carbonyl (C=O) groups is 1. The van der Waals surface area contributed by atoms with Crippen molar-refractivity contribution < 1.29 is 9.53 Å². The third kappa shape index (κ3) is 5.24. The summed E-state index contributed by atoms with van der Waals surface area (Å²) in [5.74, 6) is 1.62. The molecule has 2 aromatic carbocycles. The van der Waals surface area contributed by atoms with Crippen LogP contribution in [0, 0.1) is 6.92 Å². The molecule has 0 bridgehead atoms. The maximum Gasteiger partial charge on any atom is 0.233 e. The standard InChI is InChI=1S/C25H24ClN5O2S/c1-17-21(26)8-5-9-22(17)31-24(19-10-12-27-13-11-19)28-29-25(31)34-16-23(32)30(2)15-18-6-4-7-20(14-18)33-3/h4-14H,15-16H2,1-3H3. The average Bonchev–Trinajstić information content (AvgIpc) is 3.28. The molecule has 0 unspecified atom stereocenters. The quantitative estimate of drug-likeness (QED) is 0.320. The van der Waals surface area contributed by atoms with Crippen LogP contribution < -0.4 is 4.74 Å². The molecule has 2 heterocycles. The largest absolute Gasteiger partial charge is 0.497 e. The van der Waals surface area contributed by atoms with Crippen molar-refractivity contribution in [2.24, 2.45) is 0 Å². The molecule has 174 valence electrons. The number of halogens is 1. The molecule has 1 amide bonds. The Morgan fingerprint density at radius 2 is 1.88 bits per heavy atom. The van der Waals surface area contributed by atoms with Gasteiger partial charge in [-0.3, -0.25) is 14.3 Å². The van der Waals surface area contributed by atoms with E-state index >= 15 is 0 Å². The van der Waals surface area contributed by atoms with E-state index in [2.05, 4.69) is 15.2 Å². The monoisotopic (exact) mass is 493 g/mol. The molecule has 7 nitrogen and oxygen atoms in total. The maximum absolute atomic E-state index is 12.9. The number of amides is 1. The van der Waals surface area contributed by atoms with E-state index in [0.29, 0.717) is 22.5 Å². The van der Waals surface area contributed by atoms with Gasteiger partial charge in [0.25, 0.3) is 0 Å². The van der Waals surface area contributed by atoms with Crippen molar-refractivity contribution in [3.8, 4) is 22.8 Å². The van der Waals surface area contributed by atoms with Gasteiger partial charge < -0.3 is 9.64 Å². The van der Waals surface area contributed by atoms with E-state index in [1.165, 1.54) is 11.8 Å². The number of methoxy groups -OCH3 is 1. The lowest BCUT2D eigenvalue weighted by Gasteiger charge is -2.18. The predicted molar refractivity (Wildman–Crippen MR) is 135 cm³/mol. The van der Waals surface area contributed by atoms with Gasteiger partial charge in [-0.25, -0.2) is 0 Å². The summed E-state index contributed by atoms with van der Waals surface area (Å²) in [4.78, 5) is 18.7. The minimum Gasteiger partial charge on any atom is -0.497 e. The zero-order valence-corrected chi connectivity index (χ0v) is 20.7. The van der Waals surface area contributed by atoms with Crippen molar-refractivity contribution in [1.82, 2.24) is 24.6 Å². The first-order chi connectivity index (χ1) is 16.5. The van der Waals surface area contributed by atoms with Crippen LogP contribution >= 0.6 is 23.4 Å². The van der Waals surface area contributed by atoms with Gasteiger partial charge >= 0.3 is 0 Å². The van der Waals surface area contributed by atoms with Gasteiger partial charge in [0.1, 0.15) is 5.75 Å². The summed E-state index contributed by atoms with van der Waals surface area (Å²) >= 11 is 7.75. The van der Waals surface area contributed by atoms with Gasteiger partial charge in [-0.1, -0.05) is 41.6 Å². The zero-order valence-electron chi connectivity index (χ0n) is 19.1. The Morgan fingerprint density at radius 3 is 2.65 bits per heavy atom. The van der Waals surface area contributed by atoms with E-state index in [-0.39, 0.29) is 11.7 Å². The van der Waals surface area contributed by atoms with Crippen molar-refractivity contribution in [2.75, 3.05) is 19.9 Å². The fraction of sp³-hybridized carbons (Fsp3) is 0.200. The van der Waals surface area contributed by atoms with E-state index < -0.39 is 0 Å². The summed E-state index contributed by atoms with van der Waals surface area (Å²) in [5.41, 5.74) is 3.64. The van der Waals surface area contributed by atoms with E-state index in [4.69, 9.17) is 16.3 Å². The second-order valence-corrected chi connectivity index (χ2v) is 9.00. The number of thioether (sulfide) groups is 1. The molecule has 0 aliphatic rings. The average molecular weight is 494 g/mol. The molecule has 4 rings (SSSR count). The molecule has 0 aliphatic carbocycles. The summed E-state index contributed by atoms with van der Waals surface area (Å²) in [6, 6.07) is 17.2. The Balaban J connectivity index is 1.57. The van der Waals surface area contributed by atoms with Crippen LogP contribution in [0.15, 0.2) is 72.1 Å². The highest BCUT2D eigenvalue weighted by atomic mass is 35.5. The highest BCUT2D eigenvalue weighted by Crippen LogP contribution is 2.31. The van der Waals surface area contributed by atoms with E-state index in [1.54, 1.807) is 31.5 Å². The summed E-state index contributed by atoms with van der Waals surface area (Å²) in [5, 5.41) is 10.1. The Hall–Kier alpha value is -3.36. The molecule has 2 aromatic heterocycles. The summed E-state index contributed by atoms with van der Waals surface area (Å²) < 4.78 is 7.22. The maximum atomic E-state index is 12.9. The molecule has 0 saturated heterocycles. The first-order valence-corrected chi connectivity index (χ1v) is 11.9. The number of rotatable bonds is 8. The minimum atomic E-state index is -0.0179. The second kappa shape index (κ2) is 10.7. The first-order valence-electron chi connectivity index (χ1n) is 10.6. The van der Waals surface area contributed by atoms with Crippen LogP contribution in [0.1, 0.15) is 11.1 Å². The summed E-state index contributed by atoms with van der Waals surface area (Å²) in [6.45, 7) is 2.44. The van der Waals surface area contributed by atoms with Crippen molar-refractivity contribution in [3.05, 3.63) is 83.1 Å². The molecule has 0 fully saturated rings. The minimum absolute atomic E-state index is 0.0179. The smallest absolute Gasteiger partial charge is 0.233 e. The van der Waals surface area contributed by atoms with Crippen molar-refractivity contribution in [2.45, 2.75) is 18.6 Å². The molecule has 34 heavy (non-hydrogen) atoms. The molecule has 0 N–H and O–H groups in total. The van der Waals surface area contributed by atoms with Crippen molar-refractivity contribution in [1.29, 1.82) is 0 Å². The third-order valence-corrected chi connectivity index (χ3v) is 6.68. The Bertz CT molecular complexity index is 1300. The summed E-state index contributed by atoms with van der Waals surface area (Å²) in [7, 11) is 3.42. The normalized spacial score (nSPS) is 10.8. The van der Waals surface area contributed by atoms with Gasteiger partial charge in [0.2, 0.25) is 5.91 Å². The fourth-order valence-electron chi connectivity index (χ4n) is 3.48. The fourth-order valence-corrected chi connectivity index (χ4v) is 4.53. The third-order valence-electron chi connectivity index (χ3n) is 5.36. The molecule has 0 spiro atoms. The van der Waals surface area contributed by atoms with Crippen LogP contribution in [0.3, 0.4) is 0 Å². The molecule has 4 aromatic rings. The highest BCUT2D eigenvalue weighted by molar-refractivity contribution is 7.99. The zero-order chi connectivity index (χ0) is 24.1. The van der Waals surface area contributed by atoms with Gasteiger partial charge in [-0.05, 0) is 54.4 Å². The lowest BCUT2D eigenvalue weighted by molar-refractivity contribution is -0.127. The van der Waals surface area contributed by atoms with Crippen LogP contribution in [0.5, 0.6) is 5.75 Å². The van der Waals surface area contributed by atoms with Gasteiger partial charge in [-0.15, -0.1) is 10.2 Å². The number of hydrogen-bond donors (Lipinski definition) is 0. The van der Waals surface area contributed by atoms with Crippen LogP contribution in [0.2, 0.25) is 5.02 Å². The Morgan fingerprint density at radius 1 is 1.12 bits per heavy atom. The van der Waals surface area contributed by atoms with Crippen molar-refractivity contribution in [3.63, 3.8) is 0 Å². The number of ether oxygens (including phenoxy) is 1. The topological polar surface area (TPSA) is 73.1 Å². The Labute approximate surface area is 207 Å². The van der Waals surface area contributed by atoms with Crippen LogP contribution in [-0.2, 0) is 11.3 Å². The SMILES string of the molecule is COc1cccc(CN(C)C(=O)CSc2nnc(-c3ccncc3)n2-c2cccc(Cl)c2C)c1. The van der Waals surface area contributed by atoms with Crippen molar-refractivity contribution >= 4 is 29.3 Å². The van der Waals surface area contributed by atoms with Crippen LogP contribution in [0.4, 0.5) is 0 Å². The molecule has 0 aliphatic heterocycles. The lowest BCUT2D eigenvalue weighted by Crippen LogP contribution is -2.27. The van der Waals surface area contributed by atoms with Gasteiger partial charge in [0.15, 0.2) is 11.0 Å². The Kier molecular flexibility index (Phi) is 7.49. The van der Waals surface area contributed by atoms with Gasteiger partial charge in [0, 0.05) is 36.6 Å². The molecule has 0 radical (unpaired) electrons. The first kappa shape index (κ1) is 23.8. The lowest BCUT2D eigenvalue weighted by atomic mass is 10.2. The number of carbonyl (C=O) groups excluding carboxylic acids is 1. The highest BCUT2D eigenvalue weighted by Gasteiger charge is 2.20. The molecule has 9 heteroatoms. The number of pyridine rings is 1. The van der Waals surface area contributed by atoms with E-state index in [9.17, 15) is 4.79 Å². The number of benzene rings is 2. The molecule has 0 atom stereocenters. The molecule has 0 saturated carbocycles. The van der Waals surface area contributed by atoms with Crippen LogP contribution in [-0.4, -0.2) is 50.5 Å². The number of nitrogens with zero attached hydrogens (tertiary/aromatic N) is 5. The van der Waals surface area contributed by atoms with Gasteiger partial charge in [0.05, 0.1) is 18.6 Å². The second-order valence-electron chi connectivity index (χ2n) is 7.65. The van der Waals surface area contributed by atoms with Gasteiger partial charge in [-0.2, -0.15) is 0 Å². The molecular formula is C25H24ClN5O2S. The predicted octanol–water partition coefficient (Wildman–Crippen LogP) is 5.05. The summed E-state index contributed by atoms with van der Waals surface area (Å²) in [6.07, 6.45) is 3.42. The number of hydrogen-bond acceptors (Lipinski definition) is 6. The number of aromatic nitrogens is 4. The molecular weight excluding hydrogens is 470 g/mol. The van der Waals surface area contributed by atoms with E-state index in [1.807, 2.05) is 66.1 Å². The van der Waals surface area contributed by atoms with Crippen LogP contribution in [0.25, 0.3) is 17.1 Å².